The Kier molecular flexibility index (Phi) is 3.66. The van der Waals surface area contributed by atoms with Crippen LogP contribution >= 0.6 is 11.3 Å². The SMILES string of the molecule is Cc1nc(CN(C(=O)NC(C)C)C2CC2)cs1. The summed E-state index contributed by atoms with van der Waals surface area (Å²) in [6, 6.07) is 0.629. The molecular weight excluding hydrogens is 234 g/mol. The molecule has 1 saturated carbocycles. The van der Waals surface area contributed by atoms with Gasteiger partial charge in [0.1, 0.15) is 0 Å². The summed E-state index contributed by atoms with van der Waals surface area (Å²) in [4.78, 5) is 18.4. The molecule has 0 aliphatic heterocycles. The van der Waals surface area contributed by atoms with Gasteiger partial charge in [0.2, 0.25) is 0 Å². The summed E-state index contributed by atoms with van der Waals surface area (Å²) < 4.78 is 0. The van der Waals surface area contributed by atoms with Gasteiger partial charge >= 0.3 is 6.03 Å². The van der Waals surface area contributed by atoms with E-state index in [0.717, 1.165) is 23.5 Å². The predicted octanol–water partition coefficient (Wildman–Crippen LogP) is 2.53. The maximum Gasteiger partial charge on any atom is 0.318 e. The summed E-state index contributed by atoms with van der Waals surface area (Å²) in [7, 11) is 0. The van der Waals surface area contributed by atoms with Gasteiger partial charge in [0, 0.05) is 17.5 Å². The Morgan fingerprint density at radius 3 is 2.82 bits per heavy atom. The Balaban J connectivity index is 2.00. The summed E-state index contributed by atoms with van der Waals surface area (Å²) in [5, 5.41) is 6.04. The van der Waals surface area contributed by atoms with Crippen LogP contribution in [0.5, 0.6) is 0 Å². The molecule has 0 bridgehead atoms. The van der Waals surface area contributed by atoms with E-state index >= 15 is 0 Å². The van der Waals surface area contributed by atoms with Gasteiger partial charge in [0.05, 0.1) is 17.2 Å². The van der Waals surface area contributed by atoms with Crippen LogP contribution in [0.4, 0.5) is 4.79 Å². The quantitative estimate of drug-likeness (QED) is 0.896. The Morgan fingerprint density at radius 1 is 1.65 bits per heavy atom. The van der Waals surface area contributed by atoms with Crippen LogP contribution in [0.25, 0.3) is 0 Å². The van der Waals surface area contributed by atoms with Crippen LogP contribution < -0.4 is 5.32 Å². The number of nitrogens with one attached hydrogen (secondary N) is 1. The molecule has 94 valence electrons. The molecule has 1 aromatic heterocycles. The third-order valence-electron chi connectivity index (χ3n) is 2.66. The van der Waals surface area contributed by atoms with Crippen molar-refractivity contribution in [2.24, 2.45) is 0 Å². The number of thiazole rings is 1. The molecular formula is C12H19N3OS. The van der Waals surface area contributed by atoms with Crippen molar-refractivity contribution < 1.29 is 4.79 Å². The van der Waals surface area contributed by atoms with Gasteiger partial charge in [0.25, 0.3) is 0 Å². The fourth-order valence-corrected chi connectivity index (χ4v) is 2.34. The molecule has 1 fully saturated rings. The highest BCUT2D eigenvalue weighted by atomic mass is 32.1. The van der Waals surface area contributed by atoms with Crippen LogP contribution in [0.15, 0.2) is 5.38 Å². The Bertz CT molecular complexity index is 398. The lowest BCUT2D eigenvalue weighted by Gasteiger charge is -2.23. The highest BCUT2D eigenvalue weighted by molar-refractivity contribution is 7.09. The summed E-state index contributed by atoms with van der Waals surface area (Å²) in [6.45, 7) is 6.59. The van der Waals surface area contributed by atoms with Crippen LogP contribution in [0.3, 0.4) is 0 Å². The van der Waals surface area contributed by atoms with Crippen LogP contribution in [-0.2, 0) is 6.54 Å². The van der Waals surface area contributed by atoms with Crippen molar-refractivity contribution in [3.05, 3.63) is 16.1 Å². The standard InChI is InChI=1S/C12H19N3OS/c1-8(2)13-12(16)15(11-4-5-11)6-10-7-17-9(3)14-10/h7-8,11H,4-6H2,1-3H3,(H,13,16). The van der Waals surface area contributed by atoms with Crippen molar-refractivity contribution in [1.82, 2.24) is 15.2 Å². The second kappa shape index (κ2) is 5.04. The molecule has 17 heavy (non-hydrogen) atoms. The first-order chi connectivity index (χ1) is 8.06. The van der Waals surface area contributed by atoms with Crippen molar-refractivity contribution >= 4 is 17.4 Å². The number of urea groups is 1. The maximum absolute atomic E-state index is 12.0. The number of aromatic nitrogens is 1. The minimum absolute atomic E-state index is 0.0353. The second-order valence-corrected chi connectivity index (χ2v) is 5.88. The first-order valence-corrected chi connectivity index (χ1v) is 6.92. The summed E-state index contributed by atoms with van der Waals surface area (Å²) in [5.41, 5.74) is 0.998. The Labute approximate surface area is 106 Å². The smallest absolute Gasteiger partial charge is 0.318 e. The van der Waals surface area contributed by atoms with E-state index in [1.54, 1.807) is 11.3 Å². The number of amides is 2. The summed E-state index contributed by atoms with van der Waals surface area (Å²) in [5.74, 6) is 0. The number of rotatable bonds is 4. The molecule has 0 spiro atoms. The lowest BCUT2D eigenvalue weighted by molar-refractivity contribution is 0.189. The third-order valence-corrected chi connectivity index (χ3v) is 3.48. The third kappa shape index (κ3) is 3.43. The molecule has 1 N–H and O–H groups in total. The molecule has 0 aromatic carbocycles. The van der Waals surface area contributed by atoms with Crippen LogP contribution in [-0.4, -0.2) is 28.0 Å². The topological polar surface area (TPSA) is 45.2 Å². The zero-order valence-electron chi connectivity index (χ0n) is 10.6. The van der Waals surface area contributed by atoms with Crippen LogP contribution in [0, 0.1) is 6.92 Å². The van der Waals surface area contributed by atoms with E-state index in [2.05, 4.69) is 10.3 Å². The average Bonchev–Trinajstić information content (AvgIpc) is 2.98. The highest BCUT2D eigenvalue weighted by Crippen LogP contribution is 2.28. The monoisotopic (exact) mass is 253 g/mol. The highest BCUT2D eigenvalue weighted by Gasteiger charge is 2.33. The lowest BCUT2D eigenvalue weighted by Crippen LogP contribution is -2.43. The van der Waals surface area contributed by atoms with Gasteiger partial charge in [-0.1, -0.05) is 0 Å². The average molecular weight is 253 g/mol. The van der Waals surface area contributed by atoms with Crippen molar-refractivity contribution in [2.45, 2.75) is 52.2 Å². The molecule has 1 aliphatic carbocycles. The molecule has 0 atom stereocenters. The molecule has 2 rings (SSSR count). The largest absolute Gasteiger partial charge is 0.336 e. The number of aryl methyl sites for hydroxylation is 1. The van der Waals surface area contributed by atoms with Crippen LogP contribution in [0.2, 0.25) is 0 Å². The molecule has 2 amide bonds. The molecule has 0 unspecified atom stereocenters. The van der Waals surface area contributed by atoms with E-state index in [1.807, 2.05) is 31.1 Å². The summed E-state index contributed by atoms with van der Waals surface area (Å²) >= 11 is 1.63. The number of hydrogen-bond acceptors (Lipinski definition) is 3. The van der Waals surface area contributed by atoms with Gasteiger partial charge in [-0.05, 0) is 33.6 Å². The number of hydrogen-bond donors (Lipinski definition) is 1. The van der Waals surface area contributed by atoms with E-state index in [1.165, 1.54) is 0 Å². The minimum Gasteiger partial charge on any atom is -0.336 e. The van der Waals surface area contributed by atoms with Gasteiger partial charge in [-0.25, -0.2) is 9.78 Å². The fraction of sp³-hybridized carbons (Fsp3) is 0.667. The Hall–Kier alpha value is -1.10. The molecule has 1 aliphatic rings. The van der Waals surface area contributed by atoms with Gasteiger partial charge in [0.15, 0.2) is 0 Å². The number of carbonyl (C=O) groups excluding carboxylic acids is 1. The van der Waals surface area contributed by atoms with E-state index in [4.69, 9.17) is 0 Å². The number of nitrogens with zero attached hydrogens (tertiary/aromatic N) is 2. The molecule has 4 nitrogen and oxygen atoms in total. The van der Waals surface area contributed by atoms with E-state index in [-0.39, 0.29) is 12.1 Å². The molecule has 0 saturated heterocycles. The maximum atomic E-state index is 12.0. The van der Waals surface area contributed by atoms with Crippen molar-refractivity contribution in [1.29, 1.82) is 0 Å². The lowest BCUT2D eigenvalue weighted by atomic mass is 10.4. The zero-order valence-corrected chi connectivity index (χ0v) is 11.4. The molecule has 1 heterocycles. The van der Waals surface area contributed by atoms with Crippen LogP contribution in [0.1, 0.15) is 37.4 Å². The van der Waals surface area contributed by atoms with Gasteiger partial charge in [-0.2, -0.15) is 0 Å². The first kappa shape index (κ1) is 12.4. The molecule has 0 radical (unpaired) electrons. The molecule has 5 heteroatoms. The summed E-state index contributed by atoms with van der Waals surface area (Å²) in [6.07, 6.45) is 2.24. The van der Waals surface area contributed by atoms with Gasteiger partial charge < -0.3 is 10.2 Å². The zero-order chi connectivity index (χ0) is 12.4. The normalized spacial score (nSPS) is 15.1. The van der Waals surface area contributed by atoms with Gasteiger partial charge in [-0.15, -0.1) is 11.3 Å². The van der Waals surface area contributed by atoms with Gasteiger partial charge in [-0.3, -0.25) is 0 Å². The van der Waals surface area contributed by atoms with Crippen molar-refractivity contribution in [3.8, 4) is 0 Å². The number of carbonyl (C=O) groups is 1. The second-order valence-electron chi connectivity index (χ2n) is 4.82. The van der Waals surface area contributed by atoms with Crippen molar-refractivity contribution in [3.63, 3.8) is 0 Å². The van der Waals surface area contributed by atoms with E-state index in [0.29, 0.717) is 12.6 Å². The first-order valence-electron chi connectivity index (χ1n) is 6.04. The predicted molar refractivity (Wildman–Crippen MR) is 69.1 cm³/mol. The fourth-order valence-electron chi connectivity index (χ4n) is 1.74. The Morgan fingerprint density at radius 2 is 2.35 bits per heavy atom. The van der Waals surface area contributed by atoms with E-state index < -0.39 is 0 Å². The van der Waals surface area contributed by atoms with Crippen molar-refractivity contribution in [2.75, 3.05) is 0 Å². The minimum atomic E-state index is 0.0353. The van der Waals surface area contributed by atoms with E-state index in [9.17, 15) is 4.79 Å². The molecule has 1 aromatic rings.